The second-order valence-corrected chi connectivity index (χ2v) is 9.02. The summed E-state index contributed by atoms with van der Waals surface area (Å²) in [6, 6.07) is 13.4. The van der Waals surface area contributed by atoms with E-state index in [9.17, 15) is 14.0 Å². The first kappa shape index (κ1) is 24.3. The number of Topliss-reactive ketones (excluding diaryl/α,β-unsaturated/α-hetero) is 2. The van der Waals surface area contributed by atoms with Crippen LogP contribution in [0.4, 0.5) is 10.1 Å². The highest BCUT2D eigenvalue weighted by Gasteiger charge is 2.19. The third kappa shape index (κ3) is 4.88. The Morgan fingerprint density at radius 3 is 2.43 bits per heavy atom. The van der Waals surface area contributed by atoms with Gasteiger partial charge in [0, 0.05) is 48.8 Å². The predicted octanol–water partition coefficient (Wildman–Crippen LogP) is 6.03. The molecule has 4 aromatic rings. The van der Waals surface area contributed by atoms with Gasteiger partial charge in [0.05, 0.1) is 30.3 Å². The van der Waals surface area contributed by atoms with Crippen molar-refractivity contribution in [3.05, 3.63) is 71.0 Å². The van der Waals surface area contributed by atoms with E-state index in [-0.39, 0.29) is 35.9 Å². The molecule has 0 radical (unpaired) electrons. The van der Waals surface area contributed by atoms with E-state index in [0.717, 1.165) is 16.6 Å². The number of pyridine rings is 1. The van der Waals surface area contributed by atoms with E-state index in [1.165, 1.54) is 31.6 Å². The number of carbonyl (C=O) groups excluding carboxylic acids is 2. The molecule has 0 saturated carbocycles. The first-order chi connectivity index (χ1) is 16.8. The second-order valence-electron chi connectivity index (χ2n) is 8.14. The lowest BCUT2D eigenvalue weighted by molar-refractivity contribution is 0.0915. The SMILES string of the molecule is COc1ccc(C(=O)CCC(=O)c2ccc(N(C)C)c(-c3csc4c(F)cccc34)n2)cc1OC. The minimum Gasteiger partial charge on any atom is -0.493 e. The Morgan fingerprint density at radius 2 is 1.71 bits per heavy atom. The van der Waals surface area contributed by atoms with E-state index >= 15 is 0 Å². The number of ketones is 2. The summed E-state index contributed by atoms with van der Waals surface area (Å²) in [5, 5.41) is 2.61. The van der Waals surface area contributed by atoms with Crippen LogP contribution in [0.15, 0.2) is 53.9 Å². The number of thiophene rings is 1. The molecule has 0 fully saturated rings. The van der Waals surface area contributed by atoms with Gasteiger partial charge in [-0.2, -0.15) is 0 Å². The molecule has 0 saturated heterocycles. The summed E-state index contributed by atoms with van der Waals surface area (Å²) in [7, 11) is 6.80. The zero-order chi connectivity index (χ0) is 25.1. The summed E-state index contributed by atoms with van der Waals surface area (Å²) in [5.41, 5.74) is 2.89. The van der Waals surface area contributed by atoms with Gasteiger partial charge in [-0.25, -0.2) is 9.37 Å². The summed E-state index contributed by atoms with van der Waals surface area (Å²) in [4.78, 5) is 32.3. The number of aromatic nitrogens is 1. The zero-order valence-corrected chi connectivity index (χ0v) is 20.7. The van der Waals surface area contributed by atoms with E-state index in [1.807, 2.05) is 36.5 Å². The molecule has 2 aromatic heterocycles. The Kier molecular flexibility index (Phi) is 7.12. The smallest absolute Gasteiger partial charge is 0.181 e. The molecule has 8 heteroatoms. The van der Waals surface area contributed by atoms with Gasteiger partial charge in [0.2, 0.25) is 0 Å². The number of ether oxygens (including phenoxy) is 2. The van der Waals surface area contributed by atoms with Crippen LogP contribution in [-0.2, 0) is 0 Å². The molecule has 0 aliphatic heterocycles. The average Bonchev–Trinajstić information content (AvgIpc) is 3.31. The van der Waals surface area contributed by atoms with Crippen LogP contribution in [0.3, 0.4) is 0 Å². The fourth-order valence-electron chi connectivity index (χ4n) is 3.88. The monoisotopic (exact) mass is 492 g/mol. The van der Waals surface area contributed by atoms with Crippen molar-refractivity contribution in [2.24, 2.45) is 0 Å². The lowest BCUT2D eigenvalue weighted by Gasteiger charge is -2.17. The molecule has 0 bridgehead atoms. The summed E-state index contributed by atoms with van der Waals surface area (Å²) < 4.78 is 25.3. The number of benzene rings is 2. The maximum Gasteiger partial charge on any atom is 0.181 e. The molecule has 2 aromatic carbocycles. The van der Waals surface area contributed by atoms with Gasteiger partial charge in [0.1, 0.15) is 11.5 Å². The molecule has 0 aliphatic rings. The lowest BCUT2D eigenvalue weighted by atomic mass is 10.0. The Labute approximate surface area is 206 Å². The highest BCUT2D eigenvalue weighted by molar-refractivity contribution is 7.17. The zero-order valence-electron chi connectivity index (χ0n) is 19.9. The summed E-state index contributed by atoms with van der Waals surface area (Å²) in [5.74, 6) is 0.277. The minimum absolute atomic E-state index is 0.0138. The van der Waals surface area contributed by atoms with Crippen molar-refractivity contribution in [1.82, 2.24) is 4.98 Å². The van der Waals surface area contributed by atoms with Crippen molar-refractivity contribution in [2.75, 3.05) is 33.2 Å². The van der Waals surface area contributed by atoms with Crippen LogP contribution < -0.4 is 14.4 Å². The largest absolute Gasteiger partial charge is 0.493 e. The molecular formula is C27H25FN2O4S. The van der Waals surface area contributed by atoms with E-state index < -0.39 is 0 Å². The predicted molar refractivity (Wildman–Crippen MR) is 137 cm³/mol. The van der Waals surface area contributed by atoms with Crippen molar-refractivity contribution < 1.29 is 23.5 Å². The first-order valence-corrected chi connectivity index (χ1v) is 11.8. The first-order valence-electron chi connectivity index (χ1n) is 11.0. The average molecular weight is 493 g/mol. The van der Waals surface area contributed by atoms with Crippen LogP contribution in [0, 0.1) is 5.82 Å². The number of rotatable bonds is 9. The number of halogens is 1. The number of methoxy groups -OCH3 is 2. The van der Waals surface area contributed by atoms with Crippen LogP contribution in [0.2, 0.25) is 0 Å². The molecule has 0 spiro atoms. The van der Waals surface area contributed by atoms with Crippen molar-refractivity contribution in [3.63, 3.8) is 0 Å². The second kappa shape index (κ2) is 10.2. The highest BCUT2D eigenvalue weighted by Crippen LogP contribution is 2.38. The summed E-state index contributed by atoms with van der Waals surface area (Å²) in [6.07, 6.45) is 0.0489. The number of nitrogens with zero attached hydrogens (tertiary/aromatic N) is 2. The van der Waals surface area contributed by atoms with Crippen LogP contribution in [0.1, 0.15) is 33.7 Å². The number of fused-ring (bicyclic) bond motifs is 1. The molecular weight excluding hydrogens is 467 g/mol. The summed E-state index contributed by atoms with van der Waals surface area (Å²) in [6.45, 7) is 0. The van der Waals surface area contributed by atoms with Crippen molar-refractivity contribution >= 4 is 38.7 Å². The fraction of sp³-hybridized carbons (Fsp3) is 0.222. The standard InChI is InChI=1S/C27H25FN2O4S/c1-30(2)21-10-9-20(29-26(21)18-15-35-27-17(18)6-5-7-19(27)28)23(32)12-11-22(31)16-8-13-24(33-3)25(14-16)34-4/h5-10,13-15H,11-12H2,1-4H3. The third-order valence-electron chi connectivity index (χ3n) is 5.73. The Morgan fingerprint density at radius 1 is 0.971 bits per heavy atom. The van der Waals surface area contributed by atoms with E-state index in [0.29, 0.717) is 27.5 Å². The van der Waals surface area contributed by atoms with Gasteiger partial charge >= 0.3 is 0 Å². The van der Waals surface area contributed by atoms with Gasteiger partial charge in [-0.3, -0.25) is 9.59 Å². The Bertz CT molecular complexity index is 1410. The molecule has 0 N–H and O–H groups in total. The summed E-state index contributed by atoms with van der Waals surface area (Å²) >= 11 is 1.31. The number of hydrogen-bond acceptors (Lipinski definition) is 7. The number of hydrogen-bond donors (Lipinski definition) is 0. The minimum atomic E-state index is -0.286. The van der Waals surface area contributed by atoms with Gasteiger partial charge in [-0.15, -0.1) is 11.3 Å². The van der Waals surface area contributed by atoms with Crippen molar-refractivity contribution in [2.45, 2.75) is 12.8 Å². The van der Waals surface area contributed by atoms with Gasteiger partial charge in [-0.05, 0) is 36.4 Å². The maximum atomic E-state index is 14.3. The van der Waals surface area contributed by atoms with Crippen LogP contribution in [0.5, 0.6) is 11.5 Å². The third-order valence-corrected chi connectivity index (χ3v) is 6.74. The van der Waals surface area contributed by atoms with E-state index in [1.54, 1.807) is 30.3 Å². The molecule has 0 atom stereocenters. The van der Waals surface area contributed by atoms with Gasteiger partial charge in [-0.1, -0.05) is 12.1 Å². The number of anilines is 1. The molecule has 6 nitrogen and oxygen atoms in total. The Balaban J connectivity index is 1.59. The number of carbonyl (C=O) groups is 2. The quantitative estimate of drug-likeness (QED) is 0.266. The van der Waals surface area contributed by atoms with E-state index in [4.69, 9.17) is 9.47 Å². The highest BCUT2D eigenvalue weighted by atomic mass is 32.1. The lowest BCUT2D eigenvalue weighted by Crippen LogP contribution is -2.13. The van der Waals surface area contributed by atoms with Gasteiger partial charge in [0.25, 0.3) is 0 Å². The fourth-order valence-corrected chi connectivity index (χ4v) is 4.84. The molecule has 35 heavy (non-hydrogen) atoms. The van der Waals surface area contributed by atoms with Gasteiger partial charge < -0.3 is 14.4 Å². The molecule has 0 unspecified atom stereocenters. The topological polar surface area (TPSA) is 68.7 Å². The molecule has 0 amide bonds. The van der Waals surface area contributed by atoms with Crippen LogP contribution in [0.25, 0.3) is 21.3 Å². The molecule has 4 rings (SSSR count). The molecule has 180 valence electrons. The van der Waals surface area contributed by atoms with E-state index in [2.05, 4.69) is 4.98 Å². The normalized spacial score (nSPS) is 10.9. The molecule has 2 heterocycles. The van der Waals surface area contributed by atoms with Crippen LogP contribution in [-0.4, -0.2) is 44.9 Å². The van der Waals surface area contributed by atoms with Crippen LogP contribution >= 0.6 is 11.3 Å². The van der Waals surface area contributed by atoms with Crippen molar-refractivity contribution in [3.8, 4) is 22.8 Å². The Hall–Kier alpha value is -3.78. The maximum absolute atomic E-state index is 14.3. The van der Waals surface area contributed by atoms with Crippen molar-refractivity contribution in [1.29, 1.82) is 0 Å². The molecule has 0 aliphatic carbocycles. The van der Waals surface area contributed by atoms with Gasteiger partial charge in [0.15, 0.2) is 23.1 Å².